The molecule has 2 nitrogen and oxygen atoms in total. The van der Waals surface area contributed by atoms with Crippen LogP contribution in [-0.4, -0.2) is 10.1 Å². The molecular formula is C11H13NO. The Bertz CT molecular complexity index is 429. The number of phenolic OH excluding ortho intramolecular Hbond substituents is 1. The lowest BCUT2D eigenvalue weighted by Crippen LogP contribution is -1.88. The van der Waals surface area contributed by atoms with Gasteiger partial charge in [-0.25, -0.2) is 0 Å². The summed E-state index contributed by atoms with van der Waals surface area (Å²) in [5.74, 6) is 0.768. The molecule has 2 heteroatoms. The minimum atomic E-state index is 0.343. The first-order chi connectivity index (χ1) is 6.18. The Kier molecular flexibility index (Phi) is 1.76. The molecule has 2 rings (SSSR count). The SMILES string of the molecule is CC(C)c1cc(O)cc2cc[nH]c12. The molecule has 0 aliphatic rings. The molecule has 2 aromatic rings. The first kappa shape index (κ1) is 8.17. The third-order valence-electron chi connectivity index (χ3n) is 2.30. The number of aromatic amines is 1. The van der Waals surface area contributed by atoms with Gasteiger partial charge in [0.25, 0.3) is 0 Å². The van der Waals surface area contributed by atoms with Gasteiger partial charge in [-0.2, -0.15) is 0 Å². The molecule has 0 spiro atoms. The number of hydrogen-bond acceptors (Lipinski definition) is 1. The smallest absolute Gasteiger partial charge is 0.116 e. The maximum atomic E-state index is 9.46. The maximum absolute atomic E-state index is 9.46. The van der Waals surface area contributed by atoms with E-state index in [-0.39, 0.29) is 0 Å². The van der Waals surface area contributed by atoms with E-state index < -0.39 is 0 Å². The number of H-pyrrole nitrogens is 1. The fourth-order valence-electron chi connectivity index (χ4n) is 1.64. The van der Waals surface area contributed by atoms with Crippen molar-refractivity contribution < 1.29 is 5.11 Å². The van der Waals surface area contributed by atoms with Crippen LogP contribution in [0, 0.1) is 0 Å². The van der Waals surface area contributed by atoms with Gasteiger partial charge in [0.05, 0.1) is 0 Å². The van der Waals surface area contributed by atoms with Gasteiger partial charge in [-0.05, 0) is 29.7 Å². The van der Waals surface area contributed by atoms with E-state index in [1.807, 2.05) is 18.3 Å². The number of nitrogens with one attached hydrogen (secondary N) is 1. The van der Waals surface area contributed by atoms with Gasteiger partial charge in [-0.15, -0.1) is 0 Å². The lowest BCUT2D eigenvalue weighted by atomic mass is 10.0. The zero-order valence-electron chi connectivity index (χ0n) is 7.83. The summed E-state index contributed by atoms with van der Waals surface area (Å²) in [6, 6.07) is 5.57. The Labute approximate surface area is 77.2 Å². The molecule has 0 atom stereocenters. The molecule has 0 unspecified atom stereocenters. The fourth-order valence-corrected chi connectivity index (χ4v) is 1.64. The molecule has 2 N–H and O–H groups in total. The van der Waals surface area contributed by atoms with Crippen molar-refractivity contribution in [2.45, 2.75) is 19.8 Å². The van der Waals surface area contributed by atoms with Crippen LogP contribution in [0.4, 0.5) is 0 Å². The molecular weight excluding hydrogens is 162 g/mol. The van der Waals surface area contributed by atoms with Gasteiger partial charge in [0.15, 0.2) is 0 Å². The van der Waals surface area contributed by atoms with E-state index in [2.05, 4.69) is 18.8 Å². The van der Waals surface area contributed by atoms with Crippen LogP contribution >= 0.6 is 0 Å². The topological polar surface area (TPSA) is 36.0 Å². The predicted octanol–water partition coefficient (Wildman–Crippen LogP) is 3.00. The highest BCUT2D eigenvalue weighted by atomic mass is 16.3. The molecule has 0 fully saturated rings. The summed E-state index contributed by atoms with van der Waals surface area (Å²) < 4.78 is 0. The highest BCUT2D eigenvalue weighted by Crippen LogP contribution is 2.28. The molecule has 0 radical (unpaired) electrons. The largest absolute Gasteiger partial charge is 0.508 e. The van der Waals surface area contributed by atoms with Crippen LogP contribution in [-0.2, 0) is 0 Å². The first-order valence-corrected chi connectivity index (χ1v) is 4.48. The van der Waals surface area contributed by atoms with Gasteiger partial charge in [-0.1, -0.05) is 13.8 Å². The predicted molar refractivity (Wildman–Crippen MR) is 54.1 cm³/mol. The van der Waals surface area contributed by atoms with Gasteiger partial charge in [-0.3, -0.25) is 0 Å². The Morgan fingerprint density at radius 1 is 1.31 bits per heavy atom. The number of rotatable bonds is 1. The molecule has 0 aliphatic carbocycles. The van der Waals surface area contributed by atoms with E-state index in [9.17, 15) is 5.11 Å². The van der Waals surface area contributed by atoms with Crippen LogP contribution in [0.25, 0.3) is 10.9 Å². The highest BCUT2D eigenvalue weighted by molar-refractivity contribution is 5.84. The van der Waals surface area contributed by atoms with Crippen LogP contribution in [0.5, 0.6) is 5.75 Å². The number of phenols is 1. The lowest BCUT2D eigenvalue weighted by Gasteiger charge is -2.07. The Morgan fingerprint density at radius 3 is 2.77 bits per heavy atom. The van der Waals surface area contributed by atoms with Crippen molar-refractivity contribution in [2.24, 2.45) is 0 Å². The second-order valence-electron chi connectivity index (χ2n) is 3.63. The zero-order valence-corrected chi connectivity index (χ0v) is 7.83. The van der Waals surface area contributed by atoms with Crippen molar-refractivity contribution in [1.29, 1.82) is 0 Å². The molecule has 0 aliphatic heterocycles. The summed E-state index contributed by atoms with van der Waals surface area (Å²) in [6.07, 6.45) is 1.90. The minimum absolute atomic E-state index is 0.343. The number of aromatic hydroxyl groups is 1. The molecule has 1 heterocycles. The Hall–Kier alpha value is -1.44. The van der Waals surface area contributed by atoms with Crippen molar-refractivity contribution >= 4 is 10.9 Å². The summed E-state index contributed by atoms with van der Waals surface area (Å²) >= 11 is 0. The molecule has 1 aromatic carbocycles. The third-order valence-corrected chi connectivity index (χ3v) is 2.30. The number of fused-ring (bicyclic) bond motifs is 1. The molecule has 0 saturated heterocycles. The van der Waals surface area contributed by atoms with Gasteiger partial charge in [0.1, 0.15) is 5.75 Å². The second kappa shape index (κ2) is 2.80. The Morgan fingerprint density at radius 2 is 2.08 bits per heavy atom. The summed E-state index contributed by atoms with van der Waals surface area (Å²) in [6.45, 7) is 4.24. The maximum Gasteiger partial charge on any atom is 0.116 e. The highest BCUT2D eigenvalue weighted by Gasteiger charge is 2.07. The van der Waals surface area contributed by atoms with Crippen molar-refractivity contribution in [1.82, 2.24) is 4.98 Å². The van der Waals surface area contributed by atoms with E-state index in [0.717, 1.165) is 10.9 Å². The Balaban J connectivity index is 2.77. The molecule has 0 amide bonds. The molecule has 68 valence electrons. The van der Waals surface area contributed by atoms with Gasteiger partial charge in [0.2, 0.25) is 0 Å². The summed E-state index contributed by atoms with van der Waals surface area (Å²) in [4.78, 5) is 3.19. The first-order valence-electron chi connectivity index (χ1n) is 4.48. The lowest BCUT2D eigenvalue weighted by molar-refractivity contribution is 0.475. The quantitative estimate of drug-likeness (QED) is 0.686. The van der Waals surface area contributed by atoms with Crippen LogP contribution in [0.3, 0.4) is 0 Å². The fraction of sp³-hybridized carbons (Fsp3) is 0.273. The van der Waals surface area contributed by atoms with Crippen molar-refractivity contribution in [2.75, 3.05) is 0 Å². The third kappa shape index (κ3) is 1.28. The van der Waals surface area contributed by atoms with Crippen molar-refractivity contribution in [3.63, 3.8) is 0 Å². The van der Waals surface area contributed by atoms with Crippen molar-refractivity contribution in [3.8, 4) is 5.75 Å². The minimum Gasteiger partial charge on any atom is -0.508 e. The average Bonchev–Trinajstić information content (AvgIpc) is 2.49. The van der Waals surface area contributed by atoms with Gasteiger partial charge in [0, 0.05) is 17.1 Å². The van der Waals surface area contributed by atoms with E-state index >= 15 is 0 Å². The summed E-state index contributed by atoms with van der Waals surface area (Å²) in [5, 5.41) is 10.5. The summed E-state index contributed by atoms with van der Waals surface area (Å²) in [5.41, 5.74) is 2.30. The number of benzene rings is 1. The number of aromatic nitrogens is 1. The van der Waals surface area contributed by atoms with Crippen LogP contribution < -0.4 is 0 Å². The zero-order chi connectivity index (χ0) is 9.42. The summed E-state index contributed by atoms with van der Waals surface area (Å²) in [7, 11) is 0. The van der Waals surface area contributed by atoms with E-state index in [4.69, 9.17) is 0 Å². The van der Waals surface area contributed by atoms with Crippen LogP contribution in [0.15, 0.2) is 24.4 Å². The average molecular weight is 175 g/mol. The number of hydrogen-bond donors (Lipinski definition) is 2. The normalized spacial score (nSPS) is 11.3. The standard InChI is InChI=1S/C11H13NO/c1-7(2)10-6-9(13)5-8-3-4-12-11(8)10/h3-7,12-13H,1-2H3. The van der Waals surface area contributed by atoms with E-state index in [1.54, 1.807) is 6.07 Å². The van der Waals surface area contributed by atoms with E-state index in [1.165, 1.54) is 5.56 Å². The van der Waals surface area contributed by atoms with Gasteiger partial charge < -0.3 is 10.1 Å². The van der Waals surface area contributed by atoms with Crippen molar-refractivity contribution in [3.05, 3.63) is 30.0 Å². The molecule has 1 aromatic heterocycles. The molecule has 0 bridgehead atoms. The second-order valence-corrected chi connectivity index (χ2v) is 3.63. The van der Waals surface area contributed by atoms with Gasteiger partial charge >= 0.3 is 0 Å². The molecule has 0 saturated carbocycles. The van der Waals surface area contributed by atoms with E-state index in [0.29, 0.717) is 11.7 Å². The van der Waals surface area contributed by atoms with Crippen LogP contribution in [0.2, 0.25) is 0 Å². The van der Waals surface area contributed by atoms with Crippen LogP contribution in [0.1, 0.15) is 25.3 Å². The molecule has 13 heavy (non-hydrogen) atoms. The monoisotopic (exact) mass is 175 g/mol.